The van der Waals surface area contributed by atoms with Crippen LogP contribution in [0.1, 0.15) is 50.4 Å². The number of hydrogen-bond acceptors (Lipinski definition) is 6. The molecule has 1 heterocycles. The summed E-state index contributed by atoms with van der Waals surface area (Å²) in [6, 6.07) is 4.10. The molecule has 0 fully saturated rings. The van der Waals surface area contributed by atoms with Gasteiger partial charge in [-0.3, -0.25) is 9.59 Å². The van der Waals surface area contributed by atoms with Crippen LogP contribution in [0.5, 0.6) is 0 Å². The van der Waals surface area contributed by atoms with Crippen molar-refractivity contribution >= 4 is 49.6 Å². The molecule has 0 saturated heterocycles. The Morgan fingerprint density at radius 3 is 2.65 bits per heavy atom. The second-order valence-electron chi connectivity index (χ2n) is 7.39. The number of ether oxygens (including phenoxy) is 1. The summed E-state index contributed by atoms with van der Waals surface area (Å²) in [5.41, 5.74) is 1.65. The van der Waals surface area contributed by atoms with Gasteiger partial charge in [-0.25, -0.2) is 8.42 Å². The van der Waals surface area contributed by atoms with E-state index in [-0.39, 0.29) is 21.4 Å². The van der Waals surface area contributed by atoms with Crippen molar-refractivity contribution in [3.63, 3.8) is 0 Å². The van der Waals surface area contributed by atoms with Gasteiger partial charge in [0, 0.05) is 37.0 Å². The minimum Gasteiger partial charge on any atom is -0.385 e. The zero-order valence-electron chi connectivity index (χ0n) is 17.4. The van der Waals surface area contributed by atoms with Crippen LogP contribution in [-0.4, -0.2) is 46.7 Å². The second kappa shape index (κ2) is 10.1. The highest BCUT2D eigenvalue weighted by Crippen LogP contribution is 2.38. The maximum absolute atomic E-state index is 12.9. The van der Waals surface area contributed by atoms with Gasteiger partial charge in [-0.1, -0.05) is 11.6 Å². The fourth-order valence-corrected chi connectivity index (χ4v) is 6.09. The number of carbonyl (C=O) groups excluding carboxylic acids is 2. The summed E-state index contributed by atoms with van der Waals surface area (Å²) < 4.78 is 28.9. The van der Waals surface area contributed by atoms with E-state index in [2.05, 4.69) is 10.6 Å². The molecule has 0 aliphatic heterocycles. The molecule has 0 unspecified atom stereocenters. The smallest absolute Gasteiger partial charge is 0.256 e. The highest BCUT2D eigenvalue weighted by molar-refractivity contribution is 7.90. The van der Waals surface area contributed by atoms with E-state index in [9.17, 15) is 18.0 Å². The van der Waals surface area contributed by atoms with E-state index in [1.165, 1.54) is 29.5 Å². The third kappa shape index (κ3) is 5.65. The largest absolute Gasteiger partial charge is 0.385 e. The third-order valence-electron chi connectivity index (χ3n) is 5.03. The molecule has 0 bridgehead atoms. The number of methoxy groups -OCH3 is 1. The number of halogens is 1. The van der Waals surface area contributed by atoms with Crippen LogP contribution in [0.2, 0.25) is 5.02 Å². The normalized spacial score (nSPS) is 13.5. The second-order valence-corrected chi connectivity index (χ2v) is 10.9. The van der Waals surface area contributed by atoms with Gasteiger partial charge in [0.05, 0.1) is 15.5 Å². The van der Waals surface area contributed by atoms with Crippen LogP contribution in [0.4, 0.5) is 5.00 Å². The molecule has 1 aliphatic carbocycles. The number of rotatable bonds is 8. The third-order valence-corrected chi connectivity index (χ3v) is 7.81. The van der Waals surface area contributed by atoms with Gasteiger partial charge >= 0.3 is 0 Å². The minimum atomic E-state index is -3.58. The number of aryl methyl sites for hydroxylation is 1. The molecule has 0 saturated carbocycles. The van der Waals surface area contributed by atoms with E-state index in [4.69, 9.17) is 16.3 Å². The van der Waals surface area contributed by atoms with E-state index < -0.39 is 15.7 Å². The maximum Gasteiger partial charge on any atom is 0.256 e. The molecule has 1 aliphatic rings. The average Bonchev–Trinajstić information content (AvgIpc) is 3.08. The van der Waals surface area contributed by atoms with Gasteiger partial charge in [0.15, 0.2) is 9.84 Å². The number of anilines is 1. The first-order valence-electron chi connectivity index (χ1n) is 9.95. The molecule has 0 spiro atoms. The molecule has 2 N–H and O–H groups in total. The Kier molecular flexibility index (Phi) is 7.74. The van der Waals surface area contributed by atoms with Gasteiger partial charge in [-0.05, 0) is 55.9 Å². The molecular weight excluding hydrogens is 460 g/mol. The minimum absolute atomic E-state index is 0.0572. The van der Waals surface area contributed by atoms with Gasteiger partial charge in [0.2, 0.25) is 0 Å². The van der Waals surface area contributed by atoms with Crippen LogP contribution < -0.4 is 10.6 Å². The monoisotopic (exact) mass is 484 g/mol. The number of amides is 2. The summed E-state index contributed by atoms with van der Waals surface area (Å²) in [5.74, 6) is -0.715. The van der Waals surface area contributed by atoms with Gasteiger partial charge < -0.3 is 15.4 Å². The number of fused-ring (bicyclic) bond motifs is 1. The molecule has 3 rings (SSSR count). The average molecular weight is 485 g/mol. The molecule has 2 aromatic rings. The standard InChI is InChI=1S/C21H25ClN2O5S2/c1-29-11-5-10-23-20(26)18-14-6-3-4-7-16(14)30-21(18)24-19(25)13-8-9-15(22)17(12-13)31(2,27)28/h8-9,12H,3-7,10-11H2,1-2H3,(H,23,26)(H,24,25). The Bertz CT molecular complexity index is 1100. The zero-order chi connectivity index (χ0) is 22.6. The predicted octanol–water partition coefficient (Wildman–Crippen LogP) is 3.70. The molecule has 2 amide bonds. The maximum atomic E-state index is 12.9. The molecule has 1 aromatic heterocycles. The van der Waals surface area contributed by atoms with E-state index in [0.29, 0.717) is 30.1 Å². The van der Waals surface area contributed by atoms with Gasteiger partial charge in [0.25, 0.3) is 11.8 Å². The Hall–Kier alpha value is -1.94. The quantitative estimate of drug-likeness (QED) is 0.556. The lowest BCUT2D eigenvalue weighted by molar-refractivity contribution is 0.0948. The van der Waals surface area contributed by atoms with Crippen molar-refractivity contribution in [3.8, 4) is 0 Å². The van der Waals surface area contributed by atoms with E-state index in [1.54, 1.807) is 7.11 Å². The number of thiophene rings is 1. The first-order chi connectivity index (χ1) is 14.7. The first-order valence-corrected chi connectivity index (χ1v) is 13.0. The van der Waals surface area contributed by atoms with Gasteiger partial charge in [-0.2, -0.15) is 0 Å². The molecule has 7 nitrogen and oxygen atoms in total. The van der Waals surface area contributed by atoms with Crippen molar-refractivity contribution < 1.29 is 22.7 Å². The summed E-state index contributed by atoms with van der Waals surface area (Å²) in [5, 5.41) is 6.26. The summed E-state index contributed by atoms with van der Waals surface area (Å²) in [6.07, 6.45) is 5.44. The summed E-state index contributed by atoms with van der Waals surface area (Å²) in [6.45, 7) is 1.02. The fourth-order valence-electron chi connectivity index (χ4n) is 3.50. The van der Waals surface area contributed by atoms with Crippen LogP contribution >= 0.6 is 22.9 Å². The van der Waals surface area contributed by atoms with Crippen LogP contribution in [0.25, 0.3) is 0 Å². The van der Waals surface area contributed by atoms with E-state index in [0.717, 1.165) is 42.4 Å². The SMILES string of the molecule is COCCCNC(=O)c1c(NC(=O)c2ccc(Cl)c(S(C)(=O)=O)c2)sc2c1CCCC2. The summed E-state index contributed by atoms with van der Waals surface area (Å²) >= 11 is 7.39. The lowest BCUT2D eigenvalue weighted by Gasteiger charge is -2.13. The van der Waals surface area contributed by atoms with Crippen LogP contribution in [-0.2, 0) is 27.4 Å². The van der Waals surface area contributed by atoms with Crippen LogP contribution in [0.15, 0.2) is 23.1 Å². The lowest BCUT2D eigenvalue weighted by Crippen LogP contribution is -2.27. The van der Waals surface area contributed by atoms with Crippen molar-refractivity contribution in [3.05, 3.63) is 44.8 Å². The molecule has 1 aromatic carbocycles. The topological polar surface area (TPSA) is 102 Å². The molecular formula is C21H25ClN2O5S2. The number of nitrogens with one attached hydrogen (secondary N) is 2. The van der Waals surface area contributed by atoms with E-state index >= 15 is 0 Å². The summed E-state index contributed by atoms with van der Waals surface area (Å²) in [4.78, 5) is 26.8. The summed E-state index contributed by atoms with van der Waals surface area (Å²) in [7, 11) is -1.98. The molecule has 0 atom stereocenters. The van der Waals surface area contributed by atoms with E-state index in [1.807, 2.05) is 0 Å². The van der Waals surface area contributed by atoms with Crippen molar-refractivity contribution in [2.75, 3.05) is 31.8 Å². The van der Waals surface area contributed by atoms with Crippen molar-refractivity contribution in [2.24, 2.45) is 0 Å². The Morgan fingerprint density at radius 2 is 1.94 bits per heavy atom. The van der Waals surface area contributed by atoms with Gasteiger partial charge in [0.1, 0.15) is 5.00 Å². The lowest BCUT2D eigenvalue weighted by atomic mass is 9.95. The first kappa shape index (κ1) is 23.7. The molecule has 168 valence electrons. The molecule has 0 radical (unpaired) electrons. The van der Waals surface area contributed by atoms with Gasteiger partial charge in [-0.15, -0.1) is 11.3 Å². The Balaban J connectivity index is 1.88. The zero-order valence-corrected chi connectivity index (χ0v) is 19.8. The fraction of sp³-hybridized carbons (Fsp3) is 0.429. The number of carbonyl (C=O) groups is 2. The number of hydrogen-bond donors (Lipinski definition) is 2. The number of sulfone groups is 1. The highest BCUT2D eigenvalue weighted by Gasteiger charge is 2.27. The van der Waals surface area contributed by atoms with Crippen molar-refractivity contribution in [2.45, 2.75) is 37.0 Å². The molecule has 31 heavy (non-hydrogen) atoms. The van der Waals surface area contributed by atoms with Crippen LogP contribution in [0, 0.1) is 0 Å². The van der Waals surface area contributed by atoms with Crippen LogP contribution in [0.3, 0.4) is 0 Å². The van der Waals surface area contributed by atoms with Crippen molar-refractivity contribution in [1.29, 1.82) is 0 Å². The molecule has 10 heteroatoms. The Labute approximate surface area is 191 Å². The number of benzene rings is 1. The van der Waals surface area contributed by atoms with Crippen molar-refractivity contribution in [1.82, 2.24) is 5.32 Å². The predicted molar refractivity (Wildman–Crippen MR) is 122 cm³/mol. The Morgan fingerprint density at radius 1 is 1.19 bits per heavy atom. The highest BCUT2D eigenvalue weighted by atomic mass is 35.5.